The van der Waals surface area contributed by atoms with Crippen LogP contribution < -0.4 is 0 Å². The second-order valence-corrected chi connectivity index (χ2v) is 6.41. The SMILES string of the molecule is Cc1ccc(CCC(=O)N2CCC(N3CCOC3=O)CC2)cc1. The van der Waals surface area contributed by atoms with Crippen molar-refractivity contribution >= 4 is 12.0 Å². The molecule has 1 aromatic carbocycles. The average molecular weight is 316 g/mol. The third-order valence-corrected chi connectivity index (χ3v) is 4.80. The van der Waals surface area contributed by atoms with Gasteiger partial charge in [0.2, 0.25) is 5.91 Å². The van der Waals surface area contributed by atoms with Crippen LogP contribution >= 0.6 is 0 Å². The number of nitrogens with zero attached hydrogens (tertiary/aromatic N) is 2. The average Bonchev–Trinajstić information content (AvgIpc) is 3.00. The summed E-state index contributed by atoms with van der Waals surface area (Å²) in [5.74, 6) is 0.216. The number of benzene rings is 1. The molecule has 0 radical (unpaired) electrons. The lowest BCUT2D eigenvalue weighted by Crippen LogP contribution is -2.47. The zero-order valence-electron chi connectivity index (χ0n) is 13.7. The van der Waals surface area contributed by atoms with Gasteiger partial charge in [-0.15, -0.1) is 0 Å². The molecule has 3 rings (SSSR count). The van der Waals surface area contributed by atoms with Crippen LogP contribution in [0.1, 0.15) is 30.4 Å². The Balaban J connectivity index is 1.44. The molecule has 0 saturated carbocycles. The molecule has 0 unspecified atom stereocenters. The fourth-order valence-corrected chi connectivity index (χ4v) is 3.33. The molecule has 0 aliphatic carbocycles. The number of cyclic esters (lactones) is 1. The number of rotatable bonds is 4. The second-order valence-electron chi connectivity index (χ2n) is 6.41. The van der Waals surface area contributed by atoms with E-state index in [1.54, 1.807) is 0 Å². The van der Waals surface area contributed by atoms with E-state index in [-0.39, 0.29) is 18.0 Å². The Morgan fingerprint density at radius 3 is 2.48 bits per heavy atom. The Bertz CT molecular complexity index is 562. The number of aryl methyl sites for hydroxylation is 2. The van der Waals surface area contributed by atoms with Crippen molar-refractivity contribution in [1.29, 1.82) is 0 Å². The zero-order valence-corrected chi connectivity index (χ0v) is 13.7. The molecule has 23 heavy (non-hydrogen) atoms. The predicted octanol–water partition coefficient (Wildman–Crippen LogP) is 2.37. The van der Waals surface area contributed by atoms with Crippen LogP contribution in [0.5, 0.6) is 0 Å². The van der Waals surface area contributed by atoms with E-state index in [1.807, 2.05) is 9.80 Å². The summed E-state index contributed by atoms with van der Waals surface area (Å²) in [6.07, 6.45) is 2.85. The van der Waals surface area contributed by atoms with Crippen molar-refractivity contribution in [2.24, 2.45) is 0 Å². The van der Waals surface area contributed by atoms with Crippen LogP contribution in [0, 0.1) is 6.92 Å². The molecular weight excluding hydrogens is 292 g/mol. The molecular formula is C18H24N2O3. The van der Waals surface area contributed by atoms with Gasteiger partial charge in [-0.05, 0) is 31.7 Å². The Morgan fingerprint density at radius 2 is 1.87 bits per heavy atom. The van der Waals surface area contributed by atoms with E-state index in [0.717, 1.165) is 32.4 Å². The van der Waals surface area contributed by atoms with Gasteiger partial charge in [0.15, 0.2) is 0 Å². The summed E-state index contributed by atoms with van der Waals surface area (Å²) < 4.78 is 5.00. The van der Waals surface area contributed by atoms with E-state index in [4.69, 9.17) is 4.74 Å². The van der Waals surface area contributed by atoms with Crippen LogP contribution in [0.4, 0.5) is 4.79 Å². The Labute approximate surface area is 137 Å². The van der Waals surface area contributed by atoms with Crippen molar-refractivity contribution < 1.29 is 14.3 Å². The molecule has 0 aromatic heterocycles. The van der Waals surface area contributed by atoms with Gasteiger partial charge in [0, 0.05) is 25.6 Å². The van der Waals surface area contributed by atoms with Crippen LogP contribution in [0.15, 0.2) is 24.3 Å². The lowest BCUT2D eigenvalue weighted by atomic mass is 10.0. The maximum absolute atomic E-state index is 12.4. The third-order valence-electron chi connectivity index (χ3n) is 4.80. The molecule has 5 heteroatoms. The molecule has 1 aromatic rings. The molecule has 5 nitrogen and oxygen atoms in total. The third kappa shape index (κ3) is 3.84. The topological polar surface area (TPSA) is 49.9 Å². The molecule has 2 heterocycles. The number of carbonyl (C=O) groups is 2. The molecule has 0 atom stereocenters. The highest BCUT2D eigenvalue weighted by Crippen LogP contribution is 2.20. The summed E-state index contributed by atoms with van der Waals surface area (Å²) in [6.45, 7) is 4.72. The highest BCUT2D eigenvalue weighted by molar-refractivity contribution is 5.76. The van der Waals surface area contributed by atoms with E-state index in [2.05, 4.69) is 31.2 Å². The summed E-state index contributed by atoms with van der Waals surface area (Å²) in [6, 6.07) is 8.58. The lowest BCUT2D eigenvalue weighted by molar-refractivity contribution is -0.132. The fourth-order valence-electron chi connectivity index (χ4n) is 3.33. The van der Waals surface area contributed by atoms with E-state index in [9.17, 15) is 9.59 Å². The largest absolute Gasteiger partial charge is 0.448 e. The van der Waals surface area contributed by atoms with E-state index < -0.39 is 0 Å². The first-order valence-electron chi connectivity index (χ1n) is 8.40. The van der Waals surface area contributed by atoms with Gasteiger partial charge in [0.1, 0.15) is 6.61 Å². The first-order chi connectivity index (χ1) is 11.1. The monoisotopic (exact) mass is 316 g/mol. The van der Waals surface area contributed by atoms with Crippen LogP contribution in [-0.2, 0) is 16.0 Å². The van der Waals surface area contributed by atoms with Gasteiger partial charge in [-0.2, -0.15) is 0 Å². The van der Waals surface area contributed by atoms with E-state index in [0.29, 0.717) is 19.6 Å². The quantitative estimate of drug-likeness (QED) is 0.857. The molecule has 0 spiro atoms. The molecule has 2 aliphatic rings. The number of piperidine rings is 1. The van der Waals surface area contributed by atoms with Gasteiger partial charge in [0.05, 0.1) is 6.54 Å². The van der Waals surface area contributed by atoms with Crippen LogP contribution in [0.25, 0.3) is 0 Å². The van der Waals surface area contributed by atoms with Crippen molar-refractivity contribution in [1.82, 2.24) is 9.80 Å². The molecule has 2 amide bonds. The molecule has 0 N–H and O–H groups in total. The minimum Gasteiger partial charge on any atom is -0.448 e. The first-order valence-corrected chi connectivity index (χ1v) is 8.40. The predicted molar refractivity (Wildman–Crippen MR) is 87.2 cm³/mol. The summed E-state index contributed by atoms with van der Waals surface area (Å²) in [5, 5.41) is 0. The van der Waals surface area contributed by atoms with Crippen LogP contribution in [0.2, 0.25) is 0 Å². The maximum atomic E-state index is 12.4. The standard InChI is InChI=1S/C18H24N2O3/c1-14-2-4-15(5-3-14)6-7-17(21)19-10-8-16(9-11-19)20-12-13-23-18(20)22/h2-5,16H,6-13H2,1H3. The maximum Gasteiger partial charge on any atom is 0.410 e. The molecule has 0 bridgehead atoms. The molecule has 2 saturated heterocycles. The summed E-state index contributed by atoms with van der Waals surface area (Å²) >= 11 is 0. The highest BCUT2D eigenvalue weighted by atomic mass is 16.6. The van der Waals surface area contributed by atoms with Gasteiger partial charge < -0.3 is 14.5 Å². The molecule has 2 fully saturated rings. The van der Waals surface area contributed by atoms with Gasteiger partial charge in [-0.3, -0.25) is 4.79 Å². The number of likely N-dealkylation sites (tertiary alicyclic amines) is 1. The molecule has 2 aliphatic heterocycles. The number of hydrogen-bond donors (Lipinski definition) is 0. The van der Waals surface area contributed by atoms with Gasteiger partial charge in [-0.25, -0.2) is 4.79 Å². The first kappa shape index (κ1) is 15.8. The van der Waals surface area contributed by atoms with Crippen molar-refractivity contribution in [3.8, 4) is 0 Å². The summed E-state index contributed by atoms with van der Waals surface area (Å²) in [4.78, 5) is 27.7. The number of hydrogen-bond acceptors (Lipinski definition) is 3. The van der Waals surface area contributed by atoms with Crippen LogP contribution in [0.3, 0.4) is 0 Å². The van der Waals surface area contributed by atoms with Crippen molar-refractivity contribution in [3.05, 3.63) is 35.4 Å². The second kappa shape index (κ2) is 7.02. The normalized spacial score (nSPS) is 19.1. The van der Waals surface area contributed by atoms with E-state index >= 15 is 0 Å². The van der Waals surface area contributed by atoms with Crippen molar-refractivity contribution in [3.63, 3.8) is 0 Å². The minimum atomic E-state index is -0.200. The Morgan fingerprint density at radius 1 is 1.17 bits per heavy atom. The smallest absolute Gasteiger partial charge is 0.410 e. The summed E-state index contributed by atoms with van der Waals surface area (Å²) in [5.41, 5.74) is 2.45. The van der Waals surface area contributed by atoms with E-state index in [1.165, 1.54) is 11.1 Å². The van der Waals surface area contributed by atoms with Crippen molar-refractivity contribution in [2.75, 3.05) is 26.2 Å². The van der Waals surface area contributed by atoms with Gasteiger partial charge in [0.25, 0.3) is 0 Å². The fraction of sp³-hybridized carbons (Fsp3) is 0.556. The number of ether oxygens (including phenoxy) is 1. The Hall–Kier alpha value is -2.04. The van der Waals surface area contributed by atoms with Gasteiger partial charge >= 0.3 is 6.09 Å². The highest BCUT2D eigenvalue weighted by Gasteiger charge is 2.33. The molecule has 124 valence electrons. The zero-order chi connectivity index (χ0) is 16.2. The number of amides is 2. The van der Waals surface area contributed by atoms with Gasteiger partial charge in [-0.1, -0.05) is 29.8 Å². The lowest BCUT2D eigenvalue weighted by Gasteiger charge is -2.35. The Kier molecular flexibility index (Phi) is 4.84. The number of carbonyl (C=O) groups excluding carboxylic acids is 2. The van der Waals surface area contributed by atoms with Crippen LogP contribution in [-0.4, -0.2) is 54.1 Å². The van der Waals surface area contributed by atoms with Crippen molar-refractivity contribution in [2.45, 2.75) is 38.6 Å². The minimum absolute atomic E-state index is 0.200. The summed E-state index contributed by atoms with van der Waals surface area (Å²) in [7, 11) is 0.